The average molecular weight is 288 g/mol. The fourth-order valence-electron chi connectivity index (χ4n) is 1.37. The van der Waals surface area contributed by atoms with Crippen molar-refractivity contribution in [1.82, 2.24) is 0 Å². The largest absolute Gasteiger partial charge is 0.479 e. The molecule has 8 nitrogen and oxygen atoms in total. The van der Waals surface area contributed by atoms with E-state index in [1.165, 1.54) is 6.07 Å². The van der Waals surface area contributed by atoms with Crippen molar-refractivity contribution in [2.45, 2.75) is 12.7 Å². The molecule has 0 saturated heterocycles. The number of aliphatic carboxylic acids is 1. The topological polar surface area (TPSA) is 134 Å². The van der Waals surface area contributed by atoms with Crippen LogP contribution in [0.4, 0.5) is 14.5 Å². The first-order valence-electron chi connectivity index (χ1n) is 4.86. The molecule has 1 unspecified atom stereocenters. The third kappa shape index (κ3) is 3.15. The SMILES string of the molecule is N#Cc1cc(C(O)C(=O)O)cc([N+](=O)[O-])c1OC(F)F. The predicted octanol–water partition coefficient (Wildman–Crippen LogP) is 1.19. The van der Waals surface area contributed by atoms with Crippen LogP contribution in [-0.4, -0.2) is 27.7 Å². The van der Waals surface area contributed by atoms with Crippen molar-refractivity contribution in [3.05, 3.63) is 33.4 Å². The van der Waals surface area contributed by atoms with Gasteiger partial charge in [-0.05, 0) is 6.07 Å². The van der Waals surface area contributed by atoms with Gasteiger partial charge in [-0.25, -0.2) is 4.79 Å². The Balaban J connectivity index is 3.51. The molecule has 106 valence electrons. The van der Waals surface area contributed by atoms with E-state index in [1.54, 1.807) is 0 Å². The number of halogens is 2. The van der Waals surface area contributed by atoms with Crippen LogP contribution in [0.25, 0.3) is 0 Å². The Labute approximate surface area is 109 Å². The number of aliphatic hydroxyl groups is 1. The Bertz CT molecular complexity index is 598. The summed E-state index contributed by atoms with van der Waals surface area (Å²) in [6.45, 7) is -3.41. The summed E-state index contributed by atoms with van der Waals surface area (Å²) in [5, 5.41) is 37.4. The van der Waals surface area contributed by atoms with Crippen molar-refractivity contribution in [3.8, 4) is 11.8 Å². The van der Waals surface area contributed by atoms with Crippen LogP contribution in [0.15, 0.2) is 12.1 Å². The number of aliphatic hydroxyl groups excluding tert-OH is 1. The van der Waals surface area contributed by atoms with Gasteiger partial charge in [-0.3, -0.25) is 10.1 Å². The first kappa shape index (κ1) is 15.3. The zero-order valence-electron chi connectivity index (χ0n) is 9.49. The number of carboxylic acid groups (broad SMARTS) is 1. The van der Waals surface area contributed by atoms with Crippen molar-refractivity contribution in [2.75, 3.05) is 0 Å². The highest BCUT2D eigenvalue weighted by Crippen LogP contribution is 2.35. The molecule has 0 radical (unpaired) electrons. The average Bonchev–Trinajstić information content (AvgIpc) is 2.36. The Morgan fingerprint density at radius 3 is 2.50 bits per heavy atom. The summed E-state index contributed by atoms with van der Waals surface area (Å²) < 4.78 is 28.2. The smallest absolute Gasteiger partial charge is 0.387 e. The number of rotatable bonds is 5. The summed E-state index contributed by atoms with van der Waals surface area (Å²) in [6, 6.07) is 2.64. The summed E-state index contributed by atoms with van der Waals surface area (Å²) in [6.07, 6.45) is -2.14. The Hall–Kier alpha value is -2.80. The van der Waals surface area contributed by atoms with Crippen molar-refractivity contribution in [2.24, 2.45) is 0 Å². The fraction of sp³-hybridized carbons (Fsp3) is 0.200. The molecule has 0 aliphatic carbocycles. The maximum atomic E-state index is 12.2. The molecule has 1 atom stereocenters. The number of alkyl halides is 2. The molecule has 0 spiro atoms. The van der Waals surface area contributed by atoms with E-state index in [0.717, 1.165) is 6.07 Å². The van der Waals surface area contributed by atoms with Crippen molar-refractivity contribution in [1.29, 1.82) is 5.26 Å². The lowest BCUT2D eigenvalue weighted by atomic mass is 10.0. The fourth-order valence-corrected chi connectivity index (χ4v) is 1.37. The number of nitriles is 1. The molecule has 0 bridgehead atoms. The van der Waals surface area contributed by atoms with Crippen LogP contribution in [0.5, 0.6) is 5.75 Å². The number of ether oxygens (including phenoxy) is 1. The van der Waals surface area contributed by atoms with E-state index in [-0.39, 0.29) is 0 Å². The van der Waals surface area contributed by atoms with E-state index in [0.29, 0.717) is 6.07 Å². The zero-order valence-corrected chi connectivity index (χ0v) is 9.49. The van der Waals surface area contributed by atoms with Crippen molar-refractivity contribution in [3.63, 3.8) is 0 Å². The molecule has 0 fully saturated rings. The molecule has 0 aliphatic heterocycles. The standard InChI is InChI=1S/C10H6F2N2O6/c11-10(12)20-8-5(3-13)1-4(7(15)9(16)17)2-6(8)14(18)19/h1-2,7,10,15H,(H,16,17). The Kier molecular flexibility index (Phi) is 4.50. The monoisotopic (exact) mass is 288 g/mol. The van der Waals surface area contributed by atoms with E-state index in [2.05, 4.69) is 4.74 Å². The van der Waals surface area contributed by atoms with Gasteiger partial charge < -0.3 is 14.9 Å². The van der Waals surface area contributed by atoms with Crippen LogP contribution in [-0.2, 0) is 4.79 Å². The van der Waals surface area contributed by atoms with E-state index >= 15 is 0 Å². The molecular formula is C10H6F2N2O6. The maximum absolute atomic E-state index is 12.2. The van der Waals surface area contributed by atoms with Crippen molar-refractivity contribution >= 4 is 11.7 Å². The van der Waals surface area contributed by atoms with Gasteiger partial charge in [-0.2, -0.15) is 14.0 Å². The van der Waals surface area contributed by atoms with Crippen LogP contribution in [0.1, 0.15) is 17.2 Å². The van der Waals surface area contributed by atoms with E-state index < -0.39 is 46.2 Å². The van der Waals surface area contributed by atoms with Gasteiger partial charge >= 0.3 is 18.3 Å². The number of carboxylic acids is 1. The highest BCUT2D eigenvalue weighted by atomic mass is 19.3. The Morgan fingerprint density at radius 1 is 1.50 bits per heavy atom. The molecule has 10 heteroatoms. The molecule has 1 rings (SSSR count). The lowest BCUT2D eigenvalue weighted by Crippen LogP contribution is -2.12. The predicted molar refractivity (Wildman–Crippen MR) is 57.0 cm³/mol. The first-order valence-corrected chi connectivity index (χ1v) is 4.86. The molecule has 0 heterocycles. The third-order valence-corrected chi connectivity index (χ3v) is 2.17. The number of hydrogen-bond acceptors (Lipinski definition) is 6. The van der Waals surface area contributed by atoms with E-state index in [1.807, 2.05) is 0 Å². The molecule has 0 aliphatic rings. The minimum atomic E-state index is -3.41. The maximum Gasteiger partial charge on any atom is 0.387 e. The number of nitro groups is 1. The van der Waals surface area contributed by atoms with E-state index in [4.69, 9.17) is 10.4 Å². The highest BCUT2D eigenvalue weighted by molar-refractivity contribution is 5.75. The summed E-state index contributed by atoms with van der Waals surface area (Å²) in [5.41, 5.74) is -2.23. The molecule has 1 aromatic carbocycles. The first-order chi connectivity index (χ1) is 9.27. The molecule has 1 aromatic rings. The van der Waals surface area contributed by atoms with Gasteiger partial charge in [0.05, 0.1) is 4.92 Å². The molecule has 20 heavy (non-hydrogen) atoms. The van der Waals surface area contributed by atoms with Crippen LogP contribution in [0, 0.1) is 21.4 Å². The van der Waals surface area contributed by atoms with E-state index in [9.17, 15) is 28.8 Å². The Morgan fingerprint density at radius 2 is 2.10 bits per heavy atom. The van der Waals surface area contributed by atoms with Gasteiger partial charge in [0.15, 0.2) is 6.10 Å². The molecular weight excluding hydrogens is 282 g/mol. The van der Waals surface area contributed by atoms with Gasteiger partial charge in [0, 0.05) is 11.6 Å². The van der Waals surface area contributed by atoms with Crippen LogP contribution in [0.2, 0.25) is 0 Å². The normalized spacial score (nSPS) is 11.8. The van der Waals surface area contributed by atoms with Gasteiger partial charge in [0.1, 0.15) is 11.6 Å². The second-order valence-electron chi connectivity index (χ2n) is 3.40. The minimum absolute atomic E-state index is 0.498. The van der Waals surface area contributed by atoms with Gasteiger partial charge in [-0.15, -0.1) is 0 Å². The van der Waals surface area contributed by atoms with Gasteiger partial charge in [-0.1, -0.05) is 0 Å². The highest BCUT2D eigenvalue weighted by Gasteiger charge is 2.27. The summed E-state index contributed by atoms with van der Waals surface area (Å²) in [7, 11) is 0. The van der Waals surface area contributed by atoms with Crippen LogP contribution < -0.4 is 4.74 Å². The number of nitrogens with zero attached hydrogens (tertiary/aromatic N) is 2. The second kappa shape index (κ2) is 5.89. The number of benzene rings is 1. The van der Waals surface area contributed by atoms with Gasteiger partial charge in [0.25, 0.3) is 0 Å². The summed E-state index contributed by atoms with van der Waals surface area (Å²) in [4.78, 5) is 20.2. The minimum Gasteiger partial charge on any atom is -0.479 e. The van der Waals surface area contributed by atoms with Crippen molar-refractivity contribution < 1.29 is 33.4 Å². The second-order valence-corrected chi connectivity index (χ2v) is 3.40. The number of carbonyl (C=O) groups is 1. The lowest BCUT2D eigenvalue weighted by Gasteiger charge is -2.11. The molecule has 2 N–H and O–H groups in total. The number of hydrogen-bond donors (Lipinski definition) is 2. The summed E-state index contributed by atoms with van der Waals surface area (Å²) in [5.74, 6) is -2.71. The third-order valence-electron chi connectivity index (χ3n) is 2.17. The lowest BCUT2D eigenvalue weighted by molar-refractivity contribution is -0.386. The molecule has 0 amide bonds. The molecule has 0 saturated carbocycles. The number of nitro benzene ring substituents is 1. The molecule has 0 aromatic heterocycles. The quantitative estimate of drug-likeness (QED) is 0.613. The van der Waals surface area contributed by atoms with Crippen LogP contribution >= 0.6 is 0 Å². The zero-order chi connectivity index (χ0) is 15.4. The summed E-state index contributed by atoms with van der Waals surface area (Å²) >= 11 is 0. The van der Waals surface area contributed by atoms with Gasteiger partial charge in [0.2, 0.25) is 5.75 Å². The van der Waals surface area contributed by atoms with Crippen LogP contribution in [0.3, 0.4) is 0 Å².